The van der Waals surface area contributed by atoms with Crippen LogP contribution in [-0.2, 0) is 4.79 Å². The van der Waals surface area contributed by atoms with Gasteiger partial charge in [0.25, 0.3) is 0 Å². The van der Waals surface area contributed by atoms with E-state index in [0.29, 0.717) is 5.92 Å². The van der Waals surface area contributed by atoms with Gasteiger partial charge in [-0.3, -0.25) is 4.79 Å². The van der Waals surface area contributed by atoms with Crippen LogP contribution in [0.3, 0.4) is 0 Å². The number of hydrogen-bond acceptors (Lipinski definition) is 3. The maximum absolute atomic E-state index is 11.7. The number of aliphatic carboxylic acids is 1. The second-order valence-electron chi connectivity index (χ2n) is 5.55. The van der Waals surface area contributed by atoms with Crippen LogP contribution < -0.4 is 5.32 Å². The summed E-state index contributed by atoms with van der Waals surface area (Å²) in [5.41, 5.74) is -0.638. The highest BCUT2D eigenvalue weighted by Crippen LogP contribution is 2.39. The molecule has 0 aromatic carbocycles. The first kappa shape index (κ1) is 16.8. The van der Waals surface area contributed by atoms with Gasteiger partial charge in [-0.05, 0) is 56.1 Å². The van der Waals surface area contributed by atoms with E-state index in [1.54, 1.807) is 0 Å². The van der Waals surface area contributed by atoms with Crippen molar-refractivity contribution in [2.45, 2.75) is 64.3 Å². The zero-order valence-corrected chi connectivity index (χ0v) is 13.2. The summed E-state index contributed by atoms with van der Waals surface area (Å²) < 4.78 is 0. The van der Waals surface area contributed by atoms with Crippen LogP contribution in [0.25, 0.3) is 0 Å². The van der Waals surface area contributed by atoms with Crippen molar-refractivity contribution in [3.8, 4) is 0 Å². The Morgan fingerprint density at radius 3 is 2.79 bits per heavy atom. The van der Waals surface area contributed by atoms with Gasteiger partial charge in [-0.2, -0.15) is 11.8 Å². The fraction of sp³-hybridized carbons (Fsp3) is 0.933. The van der Waals surface area contributed by atoms with Gasteiger partial charge in [-0.15, -0.1) is 0 Å². The van der Waals surface area contributed by atoms with Gasteiger partial charge in [0.15, 0.2) is 0 Å². The molecule has 0 aromatic heterocycles. The fourth-order valence-corrected chi connectivity index (χ4v) is 4.13. The summed E-state index contributed by atoms with van der Waals surface area (Å²) in [6.07, 6.45) is 7.46. The first-order valence-electron chi connectivity index (χ1n) is 7.73. The lowest BCUT2D eigenvalue weighted by molar-refractivity contribution is -0.146. The lowest BCUT2D eigenvalue weighted by Crippen LogP contribution is -2.55. The number of carboxylic acid groups (broad SMARTS) is 1. The highest BCUT2D eigenvalue weighted by molar-refractivity contribution is 7.99. The predicted molar refractivity (Wildman–Crippen MR) is 82.9 cm³/mol. The van der Waals surface area contributed by atoms with Gasteiger partial charge in [-0.25, -0.2) is 0 Å². The zero-order valence-electron chi connectivity index (χ0n) is 12.4. The maximum Gasteiger partial charge on any atom is 0.324 e. The Balaban J connectivity index is 2.46. The van der Waals surface area contributed by atoms with Crippen molar-refractivity contribution in [1.82, 2.24) is 5.32 Å². The van der Waals surface area contributed by atoms with Crippen molar-refractivity contribution in [3.05, 3.63) is 0 Å². The predicted octanol–water partition coefficient (Wildman–Crippen LogP) is 3.53. The van der Waals surface area contributed by atoms with E-state index in [-0.39, 0.29) is 0 Å². The molecule has 2 N–H and O–H groups in total. The van der Waals surface area contributed by atoms with E-state index < -0.39 is 11.5 Å². The highest BCUT2D eigenvalue weighted by atomic mass is 32.2. The van der Waals surface area contributed by atoms with Gasteiger partial charge >= 0.3 is 5.97 Å². The second-order valence-corrected chi connectivity index (χ2v) is 6.77. The summed E-state index contributed by atoms with van der Waals surface area (Å²) in [7, 11) is 0. The number of hydrogen-bond donors (Lipinski definition) is 2. The summed E-state index contributed by atoms with van der Waals surface area (Å²) in [5.74, 6) is 1.99. The van der Waals surface area contributed by atoms with Gasteiger partial charge in [0.2, 0.25) is 0 Å². The molecule has 0 aromatic rings. The van der Waals surface area contributed by atoms with Gasteiger partial charge in [0.1, 0.15) is 5.54 Å². The number of carboxylic acids is 1. The standard InChI is InChI=1S/C15H29NO2S/c1-3-5-11-19-12-8-13-7-6-9-15(13,14(17)18)16-10-4-2/h13,16H,3-12H2,1-2H3,(H,17,18). The Hall–Kier alpha value is -0.220. The molecule has 1 rings (SSSR count). The number of carbonyl (C=O) groups is 1. The van der Waals surface area contributed by atoms with Crippen LogP contribution in [0.1, 0.15) is 58.8 Å². The minimum absolute atomic E-state index is 0.311. The van der Waals surface area contributed by atoms with E-state index in [2.05, 4.69) is 19.2 Å². The third kappa shape index (κ3) is 4.67. The van der Waals surface area contributed by atoms with Crippen molar-refractivity contribution >= 4 is 17.7 Å². The summed E-state index contributed by atoms with van der Waals surface area (Å²) in [6.45, 7) is 5.11. The van der Waals surface area contributed by atoms with Gasteiger partial charge in [-0.1, -0.05) is 26.7 Å². The van der Waals surface area contributed by atoms with E-state index in [9.17, 15) is 9.90 Å². The SMILES string of the molecule is CCCCSCCC1CCCC1(NCCC)C(=O)O. The van der Waals surface area contributed by atoms with Crippen LogP contribution in [0.4, 0.5) is 0 Å². The quantitative estimate of drug-likeness (QED) is 0.603. The van der Waals surface area contributed by atoms with Gasteiger partial charge < -0.3 is 10.4 Å². The Bertz CT molecular complexity index is 273. The van der Waals surface area contributed by atoms with Crippen LogP contribution in [0.2, 0.25) is 0 Å². The van der Waals surface area contributed by atoms with Crippen LogP contribution >= 0.6 is 11.8 Å². The lowest BCUT2D eigenvalue weighted by atomic mass is 9.85. The minimum Gasteiger partial charge on any atom is -0.480 e. The number of rotatable bonds is 10. The maximum atomic E-state index is 11.7. The molecule has 1 fully saturated rings. The molecule has 4 heteroatoms. The molecule has 1 aliphatic rings. The van der Waals surface area contributed by atoms with E-state index in [1.165, 1.54) is 18.6 Å². The molecule has 0 amide bonds. The monoisotopic (exact) mass is 287 g/mol. The molecule has 2 atom stereocenters. The molecule has 1 aliphatic carbocycles. The summed E-state index contributed by atoms with van der Waals surface area (Å²) in [6, 6.07) is 0. The van der Waals surface area contributed by atoms with Crippen LogP contribution in [-0.4, -0.2) is 34.7 Å². The van der Waals surface area contributed by atoms with Crippen molar-refractivity contribution in [2.75, 3.05) is 18.1 Å². The minimum atomic E-state index is -0.638. The molecule has 0 saturated heterocycles. The third-order valence-corrected chi connectivity index (χ3v) is 5.25. The van der Waals surface area contributed by atoms with E-state index in [4.69, 9.17) is 0 Å². The van der Waals surface area contributed by atoms with Gasteiger partial charge in [0, 0.05) is 0 Å². The largest absolute Gasteiger partial charge is 0.480 e. The normalized spacial score (nSPS) is 26.7. The smallest absolute Gasteiger partial charge is 0.324 e. The summed E-state index contributed by atoms with van der Waals surface area (Å²) in [5, 5.41) is 13.0. The molecular formula is C15H29NO2S. The summed E-state index contributed by atoms with van der Waals surface area (Å²) >= 11 is 1.98. The molecule has 3 nitrogen and oxygen atoms in total. The van der Waals surface area contributed by atoms with Crippen LogP contribution in [0.15, 0.2) is 0 Å². The first-order valence-corrected chi connectivity index (χ1v) is 8.89. The highest BCUT2D eigenvalue weighted by Gasteiger charge is 2.48. The molecule has 0 aliphatic heterocycles. The number of nitrogens with one attached hydrogen (secondary N) is 1. The Kier molecular flexibility index (Phi) is 7.84. The molecule has 0 heterocycles. The van der Waals surface area contributed by atoms with Crippen molar-refractivity contribution in [3.63, 3.8) is 0 Å². The molecule has 0 spiro atoms. The average Bonchev–Trinajstić information content (AvgIpc) is 2.80. The van der Waals surface area contributed by atoms with Crippen LogP contribution in [0, 0.1) is 5.92 Å². The lowest BCUT2D eigenvalue weighted by Gasteiger charge is -2.32. The topological polar surface area (TPSA) is 49.3 Å². The molecular weight excluding hydrogens is 258 g/mol. The Morgan fingerprint density at radius 1 is 1.37 bits per heavy atom. The molecule has 0 bridgehead atoms. The second kappa shape index (κ2) is 8.85. The zero-order chi connectivity index (χ0) is 14.1. The molecule has 19 heavy (non-hydrogen) atoms. The van der Waals surface area contributed by atoms with Crippen molar-refractivity contribution in [2.24, 2.45) is 5.92 Å². The van der Waals surface area contributed by atoms with Crippen molar-refractivity contribution in [1.29, 1.82) is 0 Å². The molecule has 2 unspecified atom stereocenters. The Labute approximate surface area is 121 Å². The van der Waals surface area contributed by atoms with E-state index >= 15 is 0 Å². The van der Waals surface area contributed by atoms with E-state index in [1.807, 2.05) is 11.8 Å². The average molecular weight is 287 g/mol. The fourth-order valence-electron chi connectivity index (χ4n) is 2.98. The first-order chi connectivity index (χ1) is 9.17. The van der Waals surface area contributed by atoms with Gasteiger partial charge in [0.05, 0.1) is 0 Å². The molecule has 1 saturated carbocycles. The Morgan fingerprint density at radius 2 is 2.16 bits per heavy atom. The number of thioether (sulfide) groups is 1. The third-order valence-electron chi connectivity index (χ3n) is 4.15. The number of unbranched alkanes of at least 4 members (excludes halogenated alkanes) is 1. The van der Waals surface area contributed by atoms with Crippen molar-refractivity contribution < 1.29 is 9.90 Å². The van der Waals surface area contributed by atoms with Crippen LogP contribution in [0.5, 0.6) is 0 Å². The molecule has 112 valence electrons. The van der Waals surface area contributed by atoms with E-state index in [0.717, 1.165) is 44.4 Å². The molecule has 0 radical (unpaired) electrons. The summed E-state index contributed by atoms with van der Waals surface area (Å²) in [4.78, 5) is 11.7.